The van der Waals surface area contributed by atoms with E-state index in [2.05, 4.69) is 17.9 Å². The molecule has 0 spiro atoms. The Kier molecular flexibility index (Phi) is 6.09. The van der Waals surface area contributed by atoms with Gasteiger partial charge in [-0.1, -0.05) is 24.6 Å². The molecule has 3 rings (SSSR count). The molecular weight excluding hydrogens is 328 g/mol. The van der Waals surface area contributed by atoms with Crippen molar-refractivity contribution in [1.29, 1.82) is 0 Å². The van der Waals surface area contributed by atoms with E-state index >= 15 is 0 Å². The molecule has 1 atom stereocenters. The number of oxazole rings is 1. The fraction of sp³-hybridized carbons (Fsp3) is 0.524. The van der Waals surface area contributed by atoms with Gasteiger partial charge in [0.1, 0.15) is 5.76 Å². The highest BCUT2D eigenvalue weighted by Crippen LogP contribution is 2.27. The first-order chi connectivity index (χ1) is 12.6. The molecular formula is C21H28N2O3. The van der Waals surface area contributed by atoms with Crippen LogP contribution in [0.4, 0.5) is 0 Å². The van der Waals surface area contributed by atoms with Crippen LogP contribution < -0.4 is 0 Å². The maximum Gasteiger partial charge on any atom is 0.307 e. The number of carbonyl (C=O) groups excluding carboxylic acids is 1. The highest BCUT2D eigenvalue weighted by atomic mass is 16.5. The number of aryl methyl sites for hydroxylation is 2. The summed E-state index contributed by atoms with van der Waals surface area (Å²) >= 11 is 0. The molecule has 1 saturated heterocycles. The molecule has 0 unspecified atom stereocenters. The SMILES string of the molecule is CCOC(=O)C[C@H]1CCCCN1Cc1nc(-c2ccccc2C)oc1C. The van der Waals surface area contributed by atoms with E-state index in [1.54, 1.807) is 0 Å². The van der Waals surface area contributed by atoms with Gasteiger partial charge >= 0.3 is 5.97 Å². The minimum atomic E-state index is -0.109. The standard InChI is InChI=1S/C21H28N2O3/c1-4-25-20(24)13-17-10-7-8-12-23(17)14-19-16(3)26-21(22-19)18-11-6-5-9-15(18)2/h5-6,9,11,17H,4,7-8,10,12-14H2,1-3H3/t17-/m1/s1. The van der Waals surface area contributed by atoms with Gasteiger partial charge in [-0.15, -0.1) is 0 Å². The third-order valence-corrected chi connectivity index (χ3v) is 5.08. The van der Waals surface area contributed by atoms with Gasteiger partial charge in [0.05, 0.1) is 18.7 Å². The van der Waals surface area contributed by atoms with Gasteiger partial charge in [-0.3, -0.25) is 9.69 Å². The summed E-state index contributed by atoms with van der Waals surface area (Å²) in [5.74, 6) is 1.42. The third kappa shape index (κ3) is 4.33. The van der Waals surface area contributed by atoms with Gasteiger partial charge in [0.15, 0.2) is 0 Å². The Morgan fingerprint density at radius 3 is 2.88 bits per heavy atom. The number of esters is 1. The van der Waals surface area contributed by atoms with Gasteiger partial charge in [-0.25, -0.2) is 4.98 Å². The van der Waals surface area contributed by atoms with E-state index in [9.17, 15) is 4.79 Å². The van der Waals surface area contributed by atoms with Crippen molar-refractivity contribution in [3.05, 3.63) is 41.3 Å². The van der Waals surface area contributed by atoms with Crippen molar-refractivity contribution in [2.75, 3.05) is 13.2 Å². The molecule has 0 saturated carbocycles. The molecule has 0 bridgehead atoms. The lowest BCUT2D eigenvalue weighted by Crippen LogP contribution is -2.40. The van der Waals surface area contributed by atoms with Gasteiger partial charge in [0, 0.05) is 18.2 Å². The van der Waals surface area contributed by atoms with Crippen LogP contribution in [0.25, 0.3) is 11.5 Å². The van der Waals surface area contributed by atoms with Gasteiger partial charge < -0.3 is 9.15 Å². The van der Waals surface area contributed by atoms with E-state index in [4.69, 9.17) is 14.1 Å². The number of aromatic nitrogens is 1. The maximum absolute atomic E-state index is 11.9. The van der Waals surface area contributed by atoms with E-state index in [0.717, 1.165) is 48.4 Å². The summed E-state index contributed by atoms with van der Waals surface area (Å²) in [5.41, 5.74) is 3.14. The first-order valence-corrected chi connectivity index (χ1v) is 9.50. The molecule has 140 valence electrons. The Balaban J connectivity index is 1.75. The first-order valence-electron chi connectivity index (χ1n) is 9.50. The fourth-order valence-corrected chi connectivity index (χ4v) is 3.61. The van der Waals surface area contributed by atoms with E-state index in [1.165, 1.54) is 0 Å². The van der Waals surface area contributed by atoms with Crippen molar-refractivity contribution < 1.29 is 13.9 Å². The van der Waals surface area contributed by atoms with Crippen molar-refractivity contribution in [3.8, 4) is 11.5 Å². The third-order valence-electron chi connectivity index (χ3n) is 5.08. The molecule has 2 aromatic rings. The number of piperidine rings is 1. The van der Waals surface area contributed by atoms with E-state index < -0.39 is 0 Å². The zero-order valence-electron chi connectivity index (χ0n) is 16.0. The van der Waals surface area contributed by atoms with E-state index in [0.29, 0.717) is 25.5 Å². The minimum absolute atomic E-state index is 0.109. The zero-order chi connectivity index (χ0) is 18.5. The second kappa shape index (κ2) is 8.49. The van der Waals surface area contributed by atoms with Crippen LogP contribution in [0.2, 0.25) is 0 Å². The Morgan fingerprint density at radius 1 is 1.31 bits per heavy atom. The fourth-order valence-electron chi connectivity index (χ4n) is 3.61. The molecule has 5 nitrogen and oxygen atoms in total. The number of hydrogen-bond donors (Lipinski definition) is 0. The molecule has 0 radical (unpaired) electrons. The highest BCUT2D eigenvalue weighted by Gasteiger charge is 2.27. The van der Waals surface area contributed by atoms with Crippen LogP contribution in [0.15, 0.2) is 28.7 Å². The molecule has 1 aromatic heterocycles. The highest BCUT2D eigenvalue weighted by molar-refractivity contribution is 5.70. The lowest BCUT2D eigenvalue weighted by atomic mass is 9.99. The second-order valence-corrected chi connectivity index (χ2v) is 6.97. The molecule has 1 fully saturated rings. The van der Waals surface area contributed by atoms with Gasteiger partial charge in [0.2, 0.25) is 5.89 Å². The predicted octanol–water partition coefficient (Wildman–Crippen LogP) is 4.27. The summed E-state index contributed by atoms with van der Waals surface area (Å²) < 4.78 is 11.1. The average Bonchev–Trinajstić information content (AvgIpc) is 2.98. The second-order valence-electron chi connectivity index (χ2n) is 6.97. The normalized spacial score (nSPS) is 18.0. The molecule has 1 aliphatic rings. The van der Waals surface area contributed by atoms with Crippen LogP contribution >= 0.6 is 0 Å². The Morgan fingerprint density at radius 2 is 2.12 bits per heavy atom. The minimum Gasteiger partial charge on any atom is -0.466 e. The number of ether oxygens (including phenoxy) is 1. The smallest absolute Gasteiger partial charge is 0.307 e. The number of benzene rings is 1. The van der Waals surface area contributed by atoms with Crippen LogP contribution in [-0.2, 0) is 16.1 Å². The van der Waals surface area contributed by atoms with Crippen LogP contribution in [-0.4, -0.2) is 35.0 Å². The number of rotatable bonds is 6. The molecule has 5 heteroatoms. The Hall–Kier alpha value is -2.14. The van der Waals surface area contributed by atoms with E-state index in [-0.39, 0.29) is 12.0 Å². The summed E-state index contributed by atoms with van der Waals surface area (Å²) in [6.45, 7) is 8.01. The van der Waals surface area contributed by atoms with Gasteiger partial charge in [-0.05, 0) is 51.8 Å². The predicted molar refractivity (Wildman–Crippen MR) is 101 cm³/mol. The summed E-state index contributed by atoms with van der Waals surface area (Å²) in [6, 6.07) is 8.34. The van der Waals surface area contributed by atoms with Crippen molar-refractivity contribution in [1.82, 2.24) is 9.88 Å². The van der Waals surface area contributed by atoms with Crippen LogP contribution in [0.3, 0.4) is 0 Å². The zero-order valence-corrected chi connectivity index (χ0v) is 16.0. The number of carbonyl (C=O) groups is 1. The maximum atomic E-state index is 11.9. The summed E-state index contributed by atoms with van der Waals surface area (Å²) in [6.07, 6.45) is 3.80. The lowest BCUT2D eigenvalue weighted by Gasteiger charge is -2.34. The van der Waals surface area contributed by atoms with Crippen molar-refractivity contribution in [2.45, 2.75) is 59.0 Å². The lowest BCUT2D eigenvalue weighted by molar-refractivity contribution is -0.145. The summed E-state index contributed by atoms with van der Waals surface area (Å²) in [4.78, 5) is 19.0. The van der Waals surface area contributed by atoms with E-state index in [1.807, 2.05) is 32.0 Å². The number of hydrogen-bond acceptors (Lipinski definition) is 5. The largest absolute Gasteiger partial charge is 0.466 e. The molecule has 1 aliphatic heterocycles. The molecule has 0 amide bonds. The van der Waals surface area contributed by atoms with Crippen LogP contribution in [0.5, 0.6) is 0 Å². The summed E-state index contributed by atoms with van der Waals surface area (Å²) in [7, 11) is 0. The average molecular weight is 356 g/mol. The Labute approximate surface area is 155 Å². The Bertz CT molecular complexity index is 753. The van der Waals surface area contributed by atoms with Crippen LogP contribution in [0, 0.1) is 13.8 Å². The quantitative estimate of drug-likeness (QED) is 0.724. The van der Waals surface area contributed by atoms with Crippen molar-refractivity contribution >= 4 is 5.97 Å². The van der Waals surface area contributed by atoms with Crippen LogP contribution in [0.1, 0.15) is 49.6 Å². The molecule has 1 aromatic carbocycles. The van der Waals surface area contributed by atoms with Crippen molar-refractivity contribution in [2.24, 2.45) is 0 Å². The van der Waals surface area contributed by atoms with Crippen molar-refractivity contribution in [3.63, 3.8) is 0 Å². The topological polar surface area (TPSA) is 55.6 Å². The molecule has 0 aliphatic carbocycles. The number of likely N-dealkylation sites (tertiary alicyclic amines) is 1. The molecule has 2 heterocycles. The van der Waals surface area contributed by atoms with Gasteiger partial charge in [0.25, 0.3) is 0 Å². The first kappa shape index (κ1) is 18.6. The molecule has 0 N–H and O–H groups in total. The van der Waals surface area contributed by atoms with Gasteiger partial charge in [-0.2, -0.15) is 0 Å². The molecule has 26 heavy (non-hydrogen) atoms. The summed E-state index contributed by atoms with van der Waals surface area (Å²) in [5, 5.41) is 0. The number of nitrogens with zero attached hydrogens (tertiary/aromatic N) is 2. The monoisotopic (exact) mass is 356 g/mol.